The fourth-order valence-electron chi connectivity index (χ4n) is 2.76. The quantitative estimate of drug-likeness (QED) is 0.569. The molecule has 0 saturated heterocycles. The van der Waals surface area contributed by atoms with Crippen LogP contribution >= 0.6 is 0 Å². The first kappa shape index (κ1) is 16.7. The van der Waals surface area contributed by atoms with E-state index in [4.69, 9.17) is 4.42 Å². The molecular weight excluding hydrogens is 338 g/mol. The number of nitrogens with one attached hydrogen (secondary N) is 1. The number of carbonyl (C=O) groups is 1. The summed E-state index contributed by atoms with van der Waals surface area (Å²) in [5.41, 5.74) is 3.75. The summed E-state index contributed by atoms with van der Waals surface area (Å²) in [6.45, 7) is 0. The zero-order valence-corrected chi connectivity index (χ0v) is 14.5. The second-order valence-corrected chi connectivity index (χ2v) is 6.06. The largest absolute Gasteiger partial charge is 0.407 e. The molecular formula is C22H17N3O2. The smallest absolute Gasteiger partial charge is 0.322 e. The standard InChI is InChI=1S/C22H17N3O2/c26-21(19-13-11-18(12-14-19)17-9-5-2-6-10-17)23-22-25-24-20(27-22)15-16-7-3-1-4-8-16/h1-14H,15H2,(H,23,25,26). The number of anilines is 1. The van der Waals surface area contributed by atoms with E-state index in [9.17, 15) is 4.79 Å². The monoisotopic (exact) mass is 355 g/mol. The van der Waals surface area contributed by atoms with Gasteiger partial charge in [-0.2, -0.15) is 0 Å². The summed E-state index contributed by atoms with van der Waals surface area (Å²) in [5.74, 6) is 0.167. The Morgan fingerprint density at radius 2 is 1.41 bits per heavy atom. The van der Waals surface area contributed by atoms with Crippen molar-refractivity contribution in [2.24, 2.45) is 0 Å². The van der Waals surface area contributed by atoms with E-state index in [1.54, 1.807) is 12.1 Å². The lowest BCUT2D eigenvalue weighted by atomic mass is 10.0. The highest BCUT2D eigenvalue weighted by atomic mass is 16.4. The van der Waals surface area contributed by atoms with Crippen LogP contribution in [-0.2, 0) is 6.42 Å². The first-order valence-electron chi connectivity index (χ1n) is 8.61. The van der Waals surface area contributed by atoms with Crippen LogP contribution in [0.1, 0.15) is 21.8 Å². The molecule has 0 aliphatic carbocycles. The average molecular weight is 355 g/mol. The second kappa shape index (κ2) is 7.66. The summed E-state index contributed by atoms with van der Waals surface area (Å²) in [6.07, 6.45) is 0.523. The number of nitrogens with zero attached hydrogens (tertiary/aromatic N) is 2. The number of benzene rings is 3. The van der Waals surface area contributed by atoms with Crippen LogP contribution in [0.5, 0.6) is 0 Å². The lowest BCUT2D eigenvalue weighted by molar-refractivity contribution is 0.102. The SMILES string of the molecule is O=C(Nc1nnc(Cc2ccccc2)o1)c1ccc(-c2ccccc2)cc1. The maximum atomic E-state index is 12.4. The summed E-state index contributed by atoms with van der Waals surface area (Å²) in [5, 5.41) is 10.5. The highest BCUT2D eigenvalue weighted by molar-refractivity contribution is 6.03. The molecule has 0 radical (unpaired) electrons. The zero-order chi connectivity index (χ0) is 18.5. The third-order valence-corrected chi connectivity index (χ3v) is 4.14. The van der Waals surface area contributed by atoms with Gasteiger partial charge in [0.25, 0.3) is 5.91 Å². The van der Waals surface area contributed by atoms with Gasteiger partial charge in [-0.1, -0.05) is 77.9 Å². The minimum Gasteiger partial charge on any atom is -0.407 e. The fourth-order valence-corrected chi connectivity index (χ4v) is 2.76. The zero-order valence-electron chi connectivity index (χ0n) is 14.5. The second-order valence-electron chi connectivity index (χ2n) is 6.06. The third-order valence-electron chi connectivity index (χ3n) is 4.14. The van der Waals surface area contributed by atoms with Gasteiger partial charge in [-0.3, -0.25) is 10.1 Å². The van der Waals surface area contributed by atoms with Crippen LogP contribution in [0.2, 0.25) is 0 Å². The summed E-state index contributed by atoms with van der Waals surface area (Å²) in [4.78, 5) is 12.4. The van der Waals surface area contributed by atoms with Crippen molar-refractivity contribution >= 4 is 11.9 Å². The van der Waals surface area contributed by atoms with Gasteiger partial charge in [0.15, 0.2) is 0 Å². The van der Waals surface area contributed by atoms with E-state index in [1.165, 1.54) is 0 Å². The normalized spacial score (nSPS) is 10.5. The molecule has 1 N–H and O–H groups in total. The fraction of sp³-hybridized carbons (Fsp3) is 0.0455. The van der Waals surface area contributed by atoms with Gasteiger partial charge in [-0.05, 0) is 28.8 Å². The lowest BCUT2D eigenvalue weighted by Gasteiger charge is -2.04. The Balaban J connectivity index is 1.42. The molecule has 0 spiro atoms. The van der Waals surface area contributed by atoms with Crippen molar-refractivity contribution < 1.29 is 9.21 Å². The summed E-state index contributed by atoms with van der Waals surface area (Å²) < 4.78 is 5.52. The minimum absolute atomic E-state index is 0.0954. The third kappa shape index (κ3) is 4.10. The topological polar surface area (TPSA) is 68.0 Å². The van der Waals surface area contributed by atoms with Gasteiger partial charge in [0, 0.05) is 5.56 Å². The number of carbonyl (C=O) groups excluding carboxylic acids is 1. The Bertz CT molecular complexity index is 1030. The average Bonchev–Trinajstić information content (AvgIpc) is 3.16. The molecule has 27 heavy (non-hydrogen) atoms. The molecule has 0 aliphatic heterocycles. The Labute approximate surface area is 156 Å². The molecule has 4 aromatic rings. The van der Waals surface area contributed by atoms with Gasteiger partial charge in [-0.15, -0.1) is 5.10 Å². The molecule has 3 aromatic carbocycles. The van der Waals surface area contributed by atoms with Gasteiger partial charge in [0.05, 0.1) is 6.42 Å². The Kier molecular flexibility index (Phi) is 4.74. The van der Waals surface area contributed by atoms with Crippen molar-refractivity contribution in [3.8, 4) is 11.1 Å². The van der Waals surface area contributed by atoms with Crippen LogP contribution in [-0.4, -0.2) is 16.1 Å². The Morgan fingerprint density at radius 1 is 0.778 bits per heavy atom. The molecule has 1 aromatic heterocycles. The van der Waals surface area contributed by atoms with E-state index in [0.717, 1.165) is 16.7 Å². The van der Waals surface area contributed by atoms with Crippen molar-refractivity contribution in [1.82, 2.24) is 10.2 Å². The van der Waals surface area contributed by atoms with Gasteiger partial charge >= 0.3 is 6.01 Å². The number of aromatic nitrogens is 2. The molecule has 1 heterocycles. The molecule has 4 rings (SSSR count). The first-order chi connectivity index (χ1) is 13.3. The maximum Gasteiger partial charge on any atom is 0.322 e. The van der Waals surface area contributed by atoms with Gasteiger partial charge in [0.2, 0.25) is 5.89 Å². The molecule has 0 fully saturated rings. The molecule has 0 aliphatic rings. The number of hydrogen-bond donors (Lipinski definition) is 1. The van der Waals surface area contributed by atoms with E-state index >= 15 is 0 Å². The Hall–Kier alpha value is -3.73. The highest BCUT2D eigenvalue weighted by Gasteiger charge is 2.12. The van der Waals surface area contributed by atoms with E-state index in [-0.39, 0.29) is 11.9 Å². The van der Waals surface area contributed by atoms with Crippen LogP contribution < -0.4 is 5.32 Å². The molecule has 0 bridgehead atoms. The molecule has 0 saturated carbocycles. The van der Waals surface area contributed by atoms with Crippen LogP contribution in [0.25, 0.3) is 11.1 Å². The first-order valence-corrected chi connectivity index (χ1v) is 8.61. The van der Waals surface area contributed by atoms with E-state index in [0.29, 0.717) is 17.9 Å². The van der Waals surface area contributed by atoms with E-state index in [2.05, 4.69) is 15.5 Å². The van der Waals surface area contributed by atoms with Crippen LogP contribution in [0.3, 0.4) is 0 Å². The van der Waals surface area contributed by atoms with Gasteiger partial charge in [0.1, 0.15) is 0 Å². The van der Waals surface area contributed by atoms with Crippen molar-refractivity contribution in [2.75, 3.05) is 5.32 Å². The minimum atomic E-state index is -0.287. The summed E-state index contributed by atoms with van der Waals surface area (Å²) in [6, 6.07) is 27.3. The molecule has 5 heteroatoms. The Morgan fingerprint density at radius 3 is 2.11 bits per heavy atom. The lowest BCUT2D eigenvalue weighted by Crippen LogP contribution is -2.11. The molecule has 1 amide bonds. The number of rotatable bonds is 5. The van der Waals surface area contributed by atoms with Crippen molar-refractivity contribution in [1.29, 1.82) is 0 Å². The predicted octanol–water partition coefficient (Wildman–Crippen LogP) is 4.58. The summed E-state index contributed by atoms with van der Waals surface area (Å²) >= 11 is 0. The van der Waals surface area contributed by atoms with Crippen LogP contribution in [0.15, 0.2) is 89.3 Å². The predicted molar refractivity (Wildman–Crippen MR) is 103 cm³/mol. The van der Waals surface area contributed by atoms with E-state index < -0.39 is 0 Å². The van der Waals surface area contributed by atoms with Crippen molar-refractivity contribution in [2.45, 2.75) is 6.42 Å². The molecule has 0 unspecified atom stereocenters. The molecule has 132 valence electrons. The van der Waals surface area contributed by atoms with Crippen LogP contribution in [0.4, 0.5) is 6.01 Å². The number of hydrogen-bond acceptors (Lipinski definition) is 4. The molecule has 0 atom stereocenters. The molecule has 5 nitrogen and oxygen atoms in total. The van der Waals surface area contributed by atoms with Gasteiger partial charge in [-0.25, -0.2) is 0 Å². The highest BCUT2D eigenvalue weighted by Crippen LogP contribution is 2.20. The number of amides is 1. The van der Waals surface area contributed by atoms with Gasteiger partial charge < -0.3 is 4.42 Å². The van der Waals surface area contributed by atoms with Crippen molar-refractivity contribution in [3.63, 3.8) is 0 Å². The van der Waals surface area contributed by atoms with Crippen LogP contribution in [0, 0.1) is 0 Å². The van der Waals surface area contributed by atoms with Crippen molar-refractivity contribution in [3.05, 3.63) is 102 Å². The van der Waals surface area contributed by atoms with E-state index in [1.807, 2.05) is 72.8 Å². The summed E-state index contributed by atoms with van der Waals surface area (Å²) in [7, 11) is 0. The maximum absolute atomic E-state index is 12.4.